The predicted octanol–water partition coefficient (Wildman–Crippen LogP) is 1.08. The van der Waals surface area contributed by atoms with Crippen LogP contribution in [-0.4, -0.2) is 37.4 Å². The van der Waals surface area contributed by atoms with Crippen LogP contribution >= 0.6 is 16.1 Å². The molecule has 0 amide bonds. The quantitative estimate of drug-likeness (QED) is 0.808. The van der Waals surface area contributed by atoms with Crippen molar-refractivity contribution in [1.29, 1.82) is 0 Å². The average Bonchev–Trinajstić information content (AvgIpc) is 2.87. The second-order valence-electron chi connectivity index (χ2n) is 3.60. The maximum atomic E-state index is 10.8. The van der Waals surface area contributed by atoms with Crippen LogP contribution in [0.15, 0.2) is 18.6 Å². The van der Waals surface area contributed by atoms with Crippen molar-refractivity contribution < 1.29 is 9.90 Å². The van der Waals surface area contributed by atoms with E-state index in [2.05, 4.69) is 31.2 Å². The van der Waals surface area contributed by atoms with E-state index in [1.165, 1.54) is 23.3 Å². The third-order valence-corrected chi connectivity index (χ3v) is 3.24. The molecule has 0 saturated carbocycles. The first kappa shape index (κ1) is 13.3. The Labute approximate surface area is 117 Å². The van der Waals surface area contributed by atoms with Gasteiger partial charge in [-0.2, -0.15) is 10.1 Å². The number of aromatic nitrogens is 4. The van der Waals surface area contributed by atoms with Gasteiger partial charge in [0.05, 0.1) is 18.0 Å². The fraction of sp³-hybridized carbons (Fsp3) is 0.200. The van der Waals surface area contributed by atoms with E-state index in [1.807, 2.05) is 6.92 Å². The molecule has 0 fully saturated rings. The van der Waals surface area contributed by atoms with Gasteiger partial charge in [-0.1, -0.05) is 0 Å². The van der Waals surface area contributed by atoms with E-state index in [0.29, 0.717) is 12.2 Å². The first-order valence-electron chi connectivity index (χ1n) is 5.37. The second-order valence-corrected chi connectivity index (χ2v) is 4.45. The van der Waals surface area contributed by atoms with Crippen LogP contribution in [0.25, 0.3) is 5.95 Å². The number of nitrogens with zero attached hydrogens (tertiary/aromatic N) is 5. The number of hydrogen-bond donors (Lipinski definition) is 2. The summed E-state index contributed by atoms with van der Waals surface area (Å²) in [5.41, 5.74) is 6.51. The van der Waals surface area contributed by atoms with Gasteiger partial charge >= 0.3 is 5.97 Å². The second kappa shape index (κ2) is 5.22. The van der Waals surface area contributed by atoms with Crippen molar-refractivity contribution >= 4 is 33.6 Å². The summed E-state index contributed by atoms with van der Waals surface area (Å²) in [5.74, 6) is -0.574. The van der Waals surface area contributed by atoms with Gasteiger partial charge in [0.15, 0.2) is 5.82 Å². The van der Waals surface area contributed by atoms with E-state index < -0.39 is 5.97 Å². The highest BCUT2D eigenvalue weighted by Crippen LogP contribution is 2.23. The maximum absolute atomic E-state index is 10.8. The van der Waals surface area contributed by atoms with Crippen molar-refractivity contribution in [3.63, 3.8) is 0 Å². The fourth-order valence-electron chi connectivity index (χ4n) is 1.39. The van der Waals surface area contributed by atoms with Gasteiger partial charge in [0.25, 0.3) is 5.95 Å². The van der Waals surface area contributed by atoms with Crippen molar-refractivity contribution in [1.82, 2.24) is 19.7 Å². The van der Waals surface area contributed by atoms with Gasteiger partial charge in [0, 0.05) is 28.9 Å². The molecule has 0 aliphatic heterocycles. The molecule has 0 aliphatic rings. The molecule has 2 rings (SSSR count). The Bertz CT molecular complexity index is 614. The number of nitrogen functional groups attached to an aromatic ring is 1. The molecule has 0 saturated heterocycles. The molecule has 2 aromatic heterocycles. The normalized spacial score (nSPS) is 10.4. The lowest BCUT2D eigenvalue weighted by Crippen LogP contribution is -2.13. The van der Waals surface area contributed by atoms with E-state index in [9.17, 15) is 4.79 Å². The Morgan fingerprint density at radius 1 is 1.58 bits per heavy atom. The molecule has 100 valence electrons. The molecule has 0 bridgehead atoms. The summed E-state index contributed by atoms with van der Waals surface area (Å²) in [6, 6.07) is 0. The molecule has 0 aliphatic carbocycles. The first-order chi connectivity index (χ1) is 9.02. The lowest BCUT2D eigenvalue weighted by atomic mass is 10.4. The largest absolute Gasteiger partial charge is 0.478 e. The van der Waals surface area contributed by atoms with Crippen LogP contribution in [0, 0.1) is 0 Å². The highest BCUT2D eigenvalue weighted by molar-refractivity contribution is 9.10. The van der Waals surface area contributed by atoms with Crippen LogP contribution in [0.2, 0.25) is 0 Å². The van der Waals surface area contributed by atoms with E-state index in [4.69, 9.17) is 10.8 Å². The van der Waals surface area contributed by atoms with Crippen molar-refractivity contribution in [3.05, 3.63) is 24.2 Å². The van der Waals surface area contributed by atoms with Crippen molar-refractivity contribution in [3.8, 4) is 5.95 Å². The Balaban J connectivity index is 2.35. The Kier molecular flexibility index (Phi) is 3.65. The number of nitrogens with two attached hydrogens (primary N) is 1. The summed E-state index contributed by atoms with van der Waals surface area (Å²) in [6.45, 7) is 2.63. The lowest BCUT2D eigenvalue weighted by Gasteiger charge is -2.15. The monoisotopic (exact) mass is 326 g/mol. The van der Waals surface area contributed by atoms with Crippen LogP contribution in [0.5, 0.6) is 0 Å². The van der Waals surface area contributed by atoms with Gasteiger partial charge < -0.3 is 14.8 Å². The molecule has 9 heteroatoms. The van der Waals surface area contributed by atoms with Gasteiger partial charge in [-0.05, 0) is 6.92 Å². The fourth-order valence-corrected chi connectivity index (χ4v) is 1.66. The van der Waals surface area contributed by atoms with E-state index in [1.54, 1.807) is 3.93 Å². The zero-order valence-corrected chi connectivity index (χ0v) is 11.6. The maximum Gasteiger partial charge on any atom is 0.338 e. The molecule has 19 heavy (non-hydrogen) atoms. The number of carboxylic acid groups (broad SMARTS) is 1. The van der Waals surface area contributed by atoms with Crippen LogP contribution in [0.3, 0.4) is 0 Å². The number of halogens is 1. The molecule has 0 atom stereocenters. The number of anilines is 2. The van der Waals surface area contributed by atoms with Gasteiger partial charge in [-0.25, -0.2) is 14.5 Å². The lowest BCUT2D eigenvalue weighted by molar-refractivity contribution is 0.0697. The molecule has 3 N–H and O–H groups in total. The number of carboxylic acids is 1. The standard InChI is InChI=1S/C10H11BrN6O2/c1-2-16(11)7-4-13-10(15-8(7)12)17-5-6(3-14-17)9(18)19/h3-5H,2H2,1H3,(H,18,19)(H2,12,13,15). The average molecular weight is 327 g/mol. The van der Waals surface area contributed by atoms with Crippen molar-refractivity contribution in [2.24, 2.45) is 0 Å². The summed E-state index contributed by atoms with van der Waals surface area (Å²) in [4.78, 5) is 18.9. The van der Waals surface area contributed by atoms with Crippen molar-refractivity contribution in [2.75, 3.05) is 16.2 Å². The third-order valence-electron chi connectivity index (χ3n) is 2.36. The van der Waals surface area contributed by atoms with Gasteiger partial charge in [-0.3, -0.25) is 0 Å². The first-order valence-corrected chi connectivity index (χ1v) is 6.08. The summed E-state index contributed by atoms with van der Waals surface area (Å²) in [7, 11) is 0. The molecule has 0 unspecified atom stereocenters. The number of carbonyl (C=O) groups is 1. The SMILES string of the molecule is CCN(Br)c1cnc(-n2cc(C(=O)O)cn2)nc1N. The predicted molar refractivity (Wildman–Crippen MR) is 72.5 cm³/mol. The molecule has 0 spiro atoms. The van der Waals surface area contributed by atoms with E-state index in [-0.39, 0.29) is 17.3 Å². The van der Waals surface area contributed by atoms with Crippen LogP contribution < -0.4 is 9.66 Å². The van der Waals surface area contributed by atoms with Gasteiger partial charge in [0.2, 0.25) is 0 Å². The topological polar surface area (TPSA) is 110 Å². The summed E-state index contributed by atoms with van der Waals surface area (Å²) in [6.07, 6.45) is 4.08. The minimum Gasteiger partial charge on any atom is -0.478 e. The minimum absolute atomic E-state index is 0.0573. The third kappa shape index (κ3) is 2.65. The number of hydrogen-bond acceptors (Lipinski definition) is 6. The molecule has 0 aromatic carbocycles. The Morgan fingerprint density at radius 2 is 2.32 bits per heavy atom. The van der Waals surface area contributed by atoms with Crippen LogP contribution in [0.4, 0.5) is 11.5 Å². The van der Waals surface area contributed by atoms with E-state index in [0.717, 1.165) is 0 Å². The highest BCUT2D eigenvalue weighted by atomic mass is 79.9. The smallest absolute Gasteiger partial charge is 0.338 e. The van der Waals surface area contributed by atoms with Crippen molar-refractivity contribution in [2.45, 2.75) is 6.92 Å². The number of aromatic carboxylic acids is 1. The van der Waals surface area contributed by atoms with Crippen LogP contribution in [0.1, 0.15) is 17.3 Å². The van der Waals surface area contributed by atoms with Gasteiger partial charge in [0.1, 0.15) is 5.69 Å². The van der Waals surface area contributed by atoms with E-state index >= 15 is 0 Å². The molecular weight excluding hydrogens is 316 g/mol. The van der Waals surface area contributed by atoms with Gasteiger partial charge in [-0.15, -0.1) is 0 Å². The summed E-state index contributed by atoms with van der Waals surface area (Å²) in [5, 5.41) is 12.7. The highest BCUT2D eigenvalue weighted by Gasteiger charge is 2.12. The molecule has 8 nitrogen and oxygen atoms in total. The molecular formula is C10H11BrN6O2. The zero-order valence-electron chi connectivity index (χ0n) is 9.99. The Morgan fingerprint density at radius 3 is 2.84 bits per heavy atom. The van der Waals surface area contributed by atoms with Crippen LogP contribution in [-0.2, 0) is 0 Å². The summed E-state index contributed by atoms with van der Waals surface area (Å²) >= 11 is 3.31. The summed E-state index contributed by atoms with van der Waals surface area (Å²) < 4.78 is 2.98. The zero-order chi connectivity index (χ0) is 14.0. The molecule has 2 heterocycles. The number of rotatable bonds is 4. The minimum atomic E-state index is -1.06. The molecule has 0 radical (unpaired) electrons. The Hall–Kier alpha value is -2.16. The molecule has 2 aromatic rings.